The van der Waals surface area contributed by atoms with Gasteiger partial charge in [0.15, 0.2) is 0 Å². The average molecular weight is 640 g/mol. The first-order valence-corrected chi connectivity index (χ1v) is 17.4. The first kappa shape index (κ1) is 29.9. The molecule has 1 aliphatic rings. The number of benzene rings is 8. The Morgan fingerprint density at radius 1 is 0.360 bits per heavy atom. The van der Waals surface area contributed by atoms with E-state index < -0.39 is 0 Å². The zero-order chi connectivity index (χ0) is 33.7. The lowest BCUT2D eigenvalue weighted by Crippen LogP contribution is -2.17. The second kappa shape index (κ2) is 12.1. The summed E-state index contributed by atoms with van der Waals surface area (Å²) in [6.07, 6.45) is 0. The minimum absolute atomic E-state index is 0.111. The summed E-state index contributed by atoms with van der Waals surface area (Å²) in [5.41, 5.74) is 15.9. The summed E-state index contributed by atoms with van der Waals surface area (Å²) in [5, 5.41) is 2.48. The van der Waals surface area contributed by atoms with Gasteiger partial charge in [0.1, 0.15) is 0 Å². The summed E-state index contributed by atoms with van der Waals surface area (Å²) in [5.74, 6) is 0. The highest BCUT2D eigenvalue weighted by molar-refractivity contribution is 6.02. The van der Waals surface area contributed by atoms with Crippen LogP contribution in [0.1, 0.15) is 25.0 Å². The first-order chi connectivity index (χ1) is 24.6. The number of hydrogen-bond acceptors (Lipinski definition) is 1. The van der Waals surface area contributed by atoms with Crippen molar-refractivity contribution >= 4 is 27.8 Å². The van der Waals surface area contributed by atoms with Gasteiger partial charge in [0, 0.05) is 22.4 Å². The third-order valence-electron chi connectivity index (χ3n) is 10.5. The monoisotopic (exact) mass is 639 g/mol. The quantitative estimate of drug-likeness (QED) is 0.175. The van der Waals surface area contributed by atoms with Gasteiger partial charge in [0.25, 0.3) is 0 Å². The van der Waals surface area contributed by atoms with Gasteiger partial charge in [-0.3, -0.25) is 0 Å². The molecule has 0 N–H and O–H groups in total. The van der Waals surface area contributed by atoms with Crippen LogP contribution in [0.15, 0.2) is 188 Å². The van der Waals surface area contributed by atoms with Crippen LogP contribution >= 0.6 is 0 Å². The largest absolute Gasteiger partial charge is 0.310 e. The average Bonchev–Trinajstić information content (AvgIpc) is 3.41. The Labute approximate surface area is 294 Å². The molecule has 0 saturated heterocycles. The van der Waals surface area contributed by atoms with Crippen LogP contribution in [0.2, 0.25) is 0 Å². The maximum absolute atomic E-state index is 2.46. The fraction of sp³-hybridized carbons (Fsp3) is 0.0612. The zero-order valence-corrected chi connectivity index (χ0v) is 28.3. The highest BCUT2D eigenvalue weighted by Gasteiger charge is 2.36. The van der Waals surface area contributed by atoms with E-state index in [1.165, 1.54) is 66.4 Å². The van der Waals surface area contributed by atoms with Crippen molar-refractivity contribution in [2.24, 2.45) is 0 Å². The van der Waals surface area contributed by atoms with Crippen molar-refractivity contribution in [1.82, 2.24) is 0 Å². The molecule has 0 aromatic heterocycles. The fourth-order valence-corrected chi connectivity index (χ4v) is 8.01. The molecule has 8 aromatic rings. The molecular formula is C49H37N. The number of fused-ring (bicyclic) bond motifs is 4. The Bertz CT molecular complexity index is 2510. The van der Waals surface area contributed by atoms with Gasteiger partial charge in [0.05, 0.1) is 5.69 Å². The molecule has 0 bridgehead atoms. The van der Waals surface area contributed by atoms with Crippen molar-refractivity contribution in [1.29, 1.82) is 0 Å². The summed E-state index contributed by atoms with van der Waals surface area (Å²) in [4.78, 5) is 2.46. The highest BCUT2D eigenvalue weighted by atomic mass is 15.1. The van der Waals surface area contributed by atoms with E-state index in [1.807, 2.05) is 0 Å². The molecule has 8 aromatic carbocycles. The van der Waals surface area contributed by atoms with E-state index in [-0.39, 0.29) is 5.41 Å². The predicted molar refractivity (Wildman–Crippen MR) is 213 cm³/mol. The van der Waals surface area contributed by atoms with Gasteiger partial charge in [-0.25, -0.2) is 0 Å². The van der Waals surface area contributed by atoms with Gasteiger partial charge < -0.3 is 4.90 Å². The molecule has 9 rings (SSSR count). The SMILES string of the molecule is CC1(C)c2ccccc2-c2ccc(N(c3ccccc3)c3cccc(-c4ccc5ccccc5c4)c3-c3ccccc3-c3ccccc3)cc21. The normalized spacial score (nSPS) is 12.8. The van der Waals surface area contributed by atoms with Gasteiger partial charge in [-0.1, -0.05) is 166 Å². The molecule has 0 radical (unpaired) electrons. The molecule has 0 amide bonds. The summed E-state index contributed by atoms with van der Waals surface area (Å²) >= 11 is 0. The van der Waals surface area contributed by atoms with Crippen molar-refractivity contribution in [2.45, 2.75) is 19.3 Å². The Morgan fingerprint density at radius 3 is 1.78 bits per heavy atom. The molecule has 1 nitrogen and oxygen atoms in total. The minimum atomic E-state index is -0.111. The van der Waals surface area contributed by atoms with Crippen LogP contribution in [0.5, 0.6) is 0 Å². The summed E-state index contributed by atoms with van der Waals surface area (Å²) in [6, 6.07) is 68.7. The standard InChI is InChI=1S/C49H37N/c1-49(2)45-26-14-13-23-42(45)43-31-30-39(33-46(43)49)50(38-20-7-4-8-21-38)47-27-15-25-41(37-29-28-34-16-9-10-19-36(34)32-37)48(47)44-24-12-11-22-40(44)35-17-5-3-6-18-35/h3-33H,1-2H3. The second-order valence-corrected chi connectivity index (χ2v) is 13.7. The molecule has 0 heterocycles. The number of nitrogens with zero attached hydrogens (tertiary/aromatic N) is 1. The van der Waals surface area contributed by atoms with Gasteiger partial charge in [-0.15, -0.1) is 0 Å². The maximum Gasteiger partial charge on any atom is 0.0546 e. The van der Waals surface area contributed by atoms with Crippen LogP contribution < -0.4 is 4.90 Å². The fourth-order valence-electron chi connectivity index (χ4n) is 8.01. The topological polar surface area (TPSA) is 3.24 Å². The van der Waals surface area contributed by atoms with E-state index >= 15 is 0 Å². The van der Waals surface area contributed by atoms with Crippen LogP contribution in [0, 0.1) is 0 Å². The van der Waals surface area contributed by atoms with E-state index in [0.29, 0.717) is 0 Å². The van der Waals surface area contributed by atoms with Crippen LogP contribution in [0.25, 0.3) is 55.3 Å². The van der Waals surface area contributed by atoms with Gasteiger partial charge in [0.2, 0.25) is 0 Å². The lowest BCUT2D eigenvalue weighted by atomic mass is 9.82. The Morgan fingerprint density at radius 2 is 0.980 bits per heavy atom. The van der Waals surface area contributed by atoms with Gasteiger partial charge in [-0.05, 0) is 97.2 Å². The van der Waals surface area contributed by atoms with E-state index in [1.54, 1.807) is 0 Å². The number of para-hydroxylation sites is 1. The molecule has 0 atom stereocenters. The molecule has 0 saturated carbocycles. The predicted octanol–water partition coefficient (Wildman–Crippen LogP) is 13.6. The molecule has 1 heteroatoms. The smallest absolute Gasteiger partial charge is 0.0546 e. The Balaban J connectivity index is 1.34. The van der Waals surface area contributed by atoms with Crippen molar-refractivity contribution in [3.8, 4) is 44.5 Å². The molecule has 0 fully saturated rings. The maximum atomic E-state index is 2.46. The van der Waals surface area contributed by atoms with Crippen LogP contribution in [0.4, 0.5) is 17.1 Å². The van der Waals surface area contributed by atoms with Gasteiger partial charge >= 0.3 is 0 Å². The van der Waals surface area contributed by atoms with E-state index in [2.05, 4.69) is 207 Å². The Hall–Kier alpha value is -6.18. The van der Waals surface area contributed by atoms with Crippen LogP contribution in [0.3, 0.4) is 0 Å². The molecule has 0 unspecified atom stereocenters. The lowest BCUT2D eigenvalue weighted by molar-refractivity contribution is 0.660. The molecule has 0 aliphatic heterocycles. The first-order valence-electron chi connectivity index (χ1n) is 17.4. The van der Waals surface area contributed by atoms with E-state index in [9.17, 15) is 0 Å². The molecule has 50 heavy (non-hydrogen) atoms. The lowest BCUT2D eigenvalue weighted by Gasteiger charge is -2.31. The van der Waals surface area contributed by atoms with Crippen LogP contribution in [-0.2, 0) is 5.41 Å². The number of rotatable bonds is 6. The third kappa shape index (κ3) is 4.94. The Kier molecular flexibility index (Phi) is 7.21. The van der Waals surface area contributed by atoms with Crippen molar-refractivity contribution in [2.75, 3.05) is 4.90 Å². The third-order valence-corrected chi connectivity index (χ3v) is 10.5. The van der Waals surface area contributed by atoms with E-state index in [0.717, 1.165) is 17.1 Å². The second-order valence-electron chi connectivity index (χ2n) is 13.7. The summed E-state index contributed by atoms with van der Waals surface area (Å²) in [7, 11) is 0. The van der Waals surface area contributed by atoms with Gasteiger partial charge in [-0.2, -0.15) is 0 Å². The minimum Gasteiger partial charge on any atom is -0.310 e. The summed E-state index contributed by atoms with van der Waals surface area (Å²) < 4.78 is 0. The van der Waals surface area contributed by atoms with Crippen molar-refractivity contribution in [3.05, 3.63) is 199 Å². The zero-order valence-electron chi connectivity index (χ0n) is 28.3. The molecule has 0 spiro atoms. The van der Waals surface area contributed by atoms with E-state index in [4.69, 9.17) is 0 Å². The van der Waals surface area contributed by atoms with Crippen molar-refractivity contribution in [3.63, 3.8) is 0 Å². The van der Waals surface area contributed by atoms with Crippen molar-refractivity contribution < 1.29 is 0 Å². The number of anilines is 3. The molecular weight excluding hydrogens is 603 g/mol. The number of hydrogen-bond donors (Lipinski definition) is 0. The molecule has 1 aliphatic carbocycles. The molecule has 238 valence electrons. The highest BCUT2D eigenvalue weighted by Crippen LogP contribution is 2.52. The van der Waals surface area contributed by atoms with Crippen LogP contribution in [-0.4, -0.2) is 0 Å². The summed E-state index contributed by atoms with van der Waals surface area (Å²) in [6.45, 7) is 4.71.